The Kier molecular flexibility index (Phi) is 5.84. The SMILES string of the molecule is CC1(C)C2CCC1(CS(C)(=O)=O)C/C2=C\c1ccc(/C=C2\CC3(CS(=O)(=O)O)CCC2C3(C)C)cc1. The molecular formula is C29H40O5S2. The minimum atomic E-state index is -4.03. The zero-order chi connectivity index (χ0) is 26.4. The zero-order valence-corrected chi connectivity index (χ0v) is 23.8. The summed E-state index contributed by atoms with van der Waals surface area (Å²) in [5.41, 5.74) is 4.20. The molecular weight excluding hydrogens is 492 g/mol. The van der Waals surface area contributed by atoms with E-state index in [1.54, 1.807) is 0 Å². The Hall–Kier alpha value is -1.44. The molecule has 4 atom stereocenters. The average molecular weight is 533 g/mol. The van der Waals surface area contributed by atoms with Gasteiger partial charge in [-0.2, -0.15) is 8.42 Å². The summed E-state index contributed by atoms with van der Waals surface area (Å²) in [7, 11) is -7.07. The maximum Gasteiger partial charge on any atom is 0.265 e. The lowest BCUT2D eigenvalue weighted by molar-refractivity contribution is 0.153. The summed E-state index contributed by atoms with van der Waals surface area (Å²) < 4.78 is 57.6. The van der Waals surface area contributed by atoms with Gasteiger partial charge in [0.25, 0.3) is 10.1 Å². The van der Waals surface area contributed by atoms with Gasteiger partial charge in [0.2, 0.25) is 0 Å². The fourth-order valence-electron chi connectivity index (χ4n) is 8.79. The summed E-state index contributed by atoms with van der Waals surface area (Å²) in [6.45, 7) is 8.80. The molecule has 0 saturated heterocycles. The largest absolute Gasteiger partial charge is 0.286 e. The molecule has 0 aromatic heterocycles. The molecule has 1 aromatic rings. The van der Waals surface area contributed by atoms with Gasteiger partial charge in [-0.05, 0) is 83.1 Å². The van der Waals surface area contributed by atoms with Crippen molar-refractivity contribution < 1.29 is 21.4 Å². The van der Waals surface area contributed by atoms with E-state index in [0.717, 1.165) is 49.7 Å². The first-order valence-electron chi connectivity index (χ1n) is 13.1. The van der Waals surface area contributed by atoms with Gasteiger partial charge in [-0.25, -0.2) is 8.42 Å². The Labute approximate surface area is 217 Å². The van der Waals surface area contributed by atoms with Crippen LogP contribution in [0.3, 0.4) is 0 Å². The van der Waals surface area contributed by atoms with E-state index in [-0.39, 0.29) is 27.8 Å². The summed E-state index contributed by atoms with van der Waals surface area (Å²) in [4.78, 5) is 0. The maximum atomic E-state index is 12.2. The Balaban J connectivity index is 1.37. The van der Waals surface area contributed by atoms with Crippen molar-refractivity contribution in [3.63, 3.8) is 0 Å². The second-order valence-electron chi connectivity index (χ2n) is 13.4. The summed E-state index contributed by atoms with van der Waals surface area (Å²) in [6.07, 6.45) is 11.3. The minimum Gasteiger partial charge on any atom is -0.286 e. The molecule has 0 aliphatic heterocycles. The van der Waals surface area contributed by atoms with Gasteiger partial charge in [0.1, 0.15) is 9.84 Å². The fraction of sp³-hybridized carbons (Fsp3) is 0.655. The first kappa shape index (κ1) is 26.2. The normalized spacial score (nSPS) is 36.8. The second kappa shape index (κ2) is 8.03. The molecule has 1 aromatic carbocycles. The number of allylic oxidation sites excluding steroid dienone is 2. The van der Waals surface area contributed by atoms with E-state index in [2.05, 4.69) is 64.1 Å². The Bertz CT molecular complexity index is 1240. The molecule has 4 saturated carbocycles. The Morgan fingerprint density at radius 2 is 1.17 bits per heavy atom. The van der Waals surface area contributed by atoms with Crippen LogP contribution in [0.5, 0.6) is 0 Å². The van der Waals surface area contributed by atoms with Crippen LogP contribution in [0.1, 0.15) is 77.3 Å². The molecule has 36 heavy (non-hydrogen) atoms. The predicted molar refractivity (Wildman–Crippen MR) is 146 cm³/mol. The molecule has 0 heterocycles. The standard InChI is InChI=1S/C29H40O5S2/c1-26(2)24-10-12-28(26,18-35(5,30)31)16-22(24)14-20-6-8-21(9-7-20)15-23-17-29(19-36(32,33)34)13-11-25(23)27(29,3)4/h6-9,14-15,24-25H,10-13,16-19H2,1-5H3,(H,32,33,34)/b22-14+,23-15+. The summed E-state index contributed by atoms with van der Waals surface area (Å²) in [5, 5.41) is 0. The summed E-state index contributed by atoms with van der Waals surface area (Å²) in [5.74, 6) is 0.870. The number of hydrogen-bond donors (Lipinski definition) is 1. The summed E-state index contributed by atoms with van der Waals surface area (Å²) in [6, 6.07) is 8.51. The molecule has 5 rings (SSSR count). The van der Waals surface area contributed by atoms with Crippen LogP contribution in [0, 0.1) is 33.5 Å². The average Bonchev–Trinajstić information content (AvgIpc) is 3.25. The van der Waals surface area contributed by atoms with Crippen LogP contribution in [0.4, 0.5) is 0 Å². The molecule has 7 heteroatoms. The first-order valence-corrected chi connectivity index (χ1v) is 16.8. The predicted octanol–water partition coefficient (Wildman–Crippen LogP) is 6.04. The first-order chi connectivity index (χ1) is 16.5. The van der Waals surface area contributed by atoms with Gasteiger partial charge in [-0.15, -0.1) is 0 Å². The number of benzene rings is 1. The van der Waals surface area contributed by atoms with Crippen molar-refractivity contribution >= 4 is 32.1 Å². The van der Waals surface area contributed by atoms with Crippen molar-refractivity contribution in [1.82, 2.24) is 0 Å². The highest BCUT2D eigenvalue weighted by atomic mass is 32.2. The van der Waals surface area contributed by atoms with E-state index in [4.69, 9.17) is 0 Å². The highest BCUT2D eigenvalue weighted by Gasteiger charge is 2.63. The van der Waals surface area contributed by atoms with Gasteiger partial charge in [0.05, 0.1) is 11.5 Å². The van der Waals surface area contributed by atoms with E-state index in [0.29, 0.717) is 11.8 Å². The Morgan fingerprint density at radius 1 is 0.778 bits per heavy atom. The van der Waals surface area contributed by atoms with Crippen molar-refractivity contribution in [2.45, 2.75) is 66.2 Å². The third-order valence-corrected chi connectivity index (χ3v) is 12.9. The fourth-order valence-corrected chi connectivity index (χ4v) is 11.7. The smallest absolute Gasteiger partial charge is 0.265 e. The highest BCUT2D eigenvalue weighted by molar-refractivity contribution is 7.90. The monoisotopic (exact) mass is 532 g/mol. The lowest BCUT2D eigenvalue weighted by atomic mass is 9.71. The van der Waals surface area contributed by atoms with Crippen LogP contribution >= 0.6 is 0 Å². The molecule has 4 aliphatic rings. The molecule has 0 radical (unpaired) electrons. The van der Waals surface area contributed by atoms with Crippen molar-refractivity contribution in [2.75, 3.05) is 17.8 Å². The van der Waals surface area contributed by atoms with Gasteiger partial charge < -0.3 is 0 Å². The Morgan fingerprint density at radius 3 is 1.53 bits per heavy atom. The summed E-state index contributed by atoms with van der Waals surface area (Å²) >= 11 is 0. The van der Waals surface area contributed by atoms with Crippen LogP contribution in [-0.2, 0) is 20.0 Å². The molecule has 5 nitrogen and oxygen atoms in total. The molecule has 4 fully saturated rings. The number of hydrogen-bond acceptors (Lipinski definition) is 4. The van der Waals surface area contributed by atoms with Gasteiger partial charge in [-0.3, -0.25) is 4.55 Å². The van der Waals surface area contributed by atoms with Gasteiger partial charge in [0, 0.05) is 6.26 Å². The van der Waals surface area contributed by atoms with E-state index in [1.165, 1.54) is 17.4 Å². The second-order valence-corrected chi connectivity index (χ2v) is 17.0. The van der Waals surface area contributed by atoms with Gasteiger partial charge in [0.15, 0.2) is 0 Å². The molecule has 4 aliphatic carbocycles. The third kappa shape index (κ3) is 4.14. The molecule has 4 unspecified atom stereocenters. The van der Waals surface area contributed by atoms with Crippen molar-refractivity contribution in [2.24, 2.45) is 33.5 Å². The molecule has 1 N–H and O–H groups in total. The minimum absolute atomic E-state index is 0.0150. The van der Waals surface area contributed by atoms with E-state index in [9.17, 15) is 21.4 Å². The van der Waals surface area contributed by atoms with E-state index < -0.39 is 25.4 Å². The number of fused-ring (bicyclic) bond motifs is 4. The van der Waals surface area contributed by atoms with Crippen LogP contribution in [-0.4, -0.2) is 39.1 Å². The van der Waals surface area contributed by atoms with E-state index in [1.807, 2.05) is 0 Å². The van der Waals surface area contributed by atoms with Crippen LogP contribution in [0.15, 0.2) is 35.4 Å². The van der Waals surface area contributed by atoms with Gasteiger partial charge >= 0.3 is 0 Å². The lowest BCUT2D eigenvalue weighted by Gasteiger charge is -2.37. The van der Waals surface area contributed by atoms with Crippen LogP contribution in [0.25, 0.3) is 12.2 Å². The van der Waals surface area contributed by atoms with Crippen molar-refractivity contribution in [1.29, 1.82) is 0 Å². The molecule has 198 valence electrons. The molecule has 4 bridgehead atoms. The van der Waals surface area contributed by atoms with E-state index >= 15 is 0 Å². The zero-order valence-electron chi connectivity index (χ0n) is 22.2. The molecule has 0 spiro atoms. The van der Waals surface area contributed by atoms with Crippen LogP contribution < -0.4 is 0 Å². The lowest BCUT2D eigenvalue weighted by Crippen LogP contribution is -2.36. The maximum absolute atomic E-state index is 12.2. The topological polar surface area (TPSA) is 88.5 Å². The van der Waals surface area contributed by atoms with Crippen molar-refractivity contribution in [3.8, 4) is 0 Å². The number of sulfone groups is 1. The van der Waals surface area contributed by atoms with Gasteiger partial charge in [-0.1, -0.05) is 75.3 Å². The van der Waals surface area contributed by atoms with Crippen LogP contribution in [0.2, 0.25) is 0 Å². The third-order valence-electron chi connectivity index (χ3n) is 10.9. The highest BCUT2D eigenvalue weighted by Crippen LogP contribution is 2.69. The number of rotatable bonds is 6. The quantitative estimate of drug-likeness (QED) is 0.451. The van der Waals surface area contributed by atoms with Crippen molar-refractivity contribution in [3.05, 3.63) is 46.5 Å². The molecule has 0 amide bonds.